The van der Waals surface area contributed by atoms with Crippen LogP contribution in [-0.4, -0.2) is 23.2 Å². The lowest BCUT2D eigenvalue weighted by atomic mass is 10.2. The van der Waals surface area contributed by atoms with E-state index in [0.717, 1.165) is 15.5 Å². The second-order valence-corrected chi connectivity index (χ2v) is 5.62. The molecule has 0 aliphatic carbocycles. The highest BCUT2D eigenvalue weighted by Gasteiger charge is 2.31. The average molecular weight is 303 g/mol. The van der Waals surface area contributed by atoms with Crippen molar-refractivity contribution in [1.29, 1.82) is 0 Å². The molecule has 3 N–H and O–H groups in total. The van der Waals surface area contributed by atoms with E-state index in [0.29, 0.717) is 17.1 Å². The van der Waals surface area contributed by atoms with Crippen LogP contribution >= 0.6 is 11.8 Å². The van der Waals surface area contributed by atoms with Gasteiger partial charge < -0.3 is 10.5 Å². The number of hydrogen-bond donors (Lipinski definition) is 2. The van der Waals surface area contributed by atoms with Gasteiger partial charge in [0.2, 0.25) is 11.8 Å². The fourth-order valence-corrected chi connectivity index (χ4v) is 3.32. The zero-order valence-electron chi connectivity index (χ0n) is 11.2. The van der Waals surface area contributed by atoms with Crippen LogP contribution in [0.15, 0.2) is 41.4 Å². The van der Waals surface area contributed by atoms with Gasteiger partial charge in [0.25, 0.3) is 0 Å². The standard InChI is InChI=1S/C14H13N3O3S/c1-20-12-5-3-9(7-16-12)14-17(19)10-4-2-8(13(15)18)6-11(10)21-14/h2-7,14,19H,1H3,(H2,15,18). The van der Waals surface area contributed by atoms with E-state index >= 15 is 0 Å². The van der Waals surface area contributed by atoms with E-state index in [4.69, 9.17) is 10.5 Å². The van der Waals surface area contributed by atoms with Crippen molar-refractivity contribution in [1.82, 2.24) is 4.98 Å². The molecule has 1 aliphatic heterocycles. The van der Waals surface area contributed by atoms with Gasteiger partial charge in [0.15, 0.2) is 0 Å². The van der Waals surface area contributed by atoms with Crippen molar-refractivity contribution >= 4 is 23.4 Å². The molecule has 0 radical (unpaired) electrons. The second kappa shape index (κ2) is 5.27. The Hall–Kier alpha value is -2.25. The molecule has 6 nitrogen and oxygen atoms in total. The van der Waals surface area contributed by atoms with Crippen LogP contribution in [0.4, 0.5) is 5.69 Å². The maximum atomic E-state index is 11.2. The summed E-state index contributed by atoms with van der Waals surface area (Å²) in [6, 6.07) is 8.54. The molecular formula is C14H13N3O3S. The van der Waals surface area contributed by atoms with Crippen molar-refractivity contribution in [2.24, 2.45) is 5.73 Å². The van der Waals surface area contributed by atoms with Crippen molar-refractivity contribution < 1.29 is 14.7 Å². The number of anilines is 1. The van der Waals surface area contributed by atoms with Crippen LogP contribution in [0, 0.1) is 0 Å². The van der Waals surface area contributed by atoms with Gasteiger partial charge in [-0.3, -0.25) is 10.0 Å². The predicted molar refractivity (Wildman–Crippen MR) is 78.6 cm³/mol. The van der Waals surface area contributed by atoms with Crippen molar-refractivity contribution in [2.75, 3.05) is 12.2 Å². The first kappa shape index (κ1) is 13.7. The fourth-order valence-electron chi connectivity index (χ4n) is 2.12. The summed E-state index contributed by atoms with van der Waals surface area (Å²) in [6.07, 6.45) is 1.65. The number of pyridine rings is 1. The number of aromatic nitrogens is 1. The number of rotatable bonds is 3. The Balaban J connectivity index is 1.91. The summed E-state index contributed by atoms with van der Waals surface area (Å²) in [5.41, 5.74) is 7.17. The molecule has 0 saturated heterocycles. The number of carbonyl (C=O) groups excluding carboxylic acids is 1. The fraction of sp³-hybridized carbons (Fsp3) is 0.143. The normalized spacial score (nSPS) is 16.7. The van der Waals surface area contributed by atoms with Crippen molar-refractivity contribution in [2.45, 2.75) is 10.3 Å². The molecule has 1 aromatic carbocycles. The van der Waals surface area contributed by atoms with Gasteiger partial charge in [0, 0.05) is 28.3 Å². The number of nitrogens with zero attached hydrogens (tertiary/aromatic N) is 2. The highest BCUT2D eigenvalue weighted by molar-refractivity contribution is 8.00. The second-order valence-electron chi connectivity index (χ2n) is 4.50. The van der Waals surface area contributed by atoms with Gasteiger partial charge in [-0.05, 0) is 24.3 Å². The molecule has 1 aliphatic rings. The minimum atomic E-state index is -0.488. The van der Waals surface area contributed by atoms with Gasteiger partial charge in [0.1, 0.15) is 5.37 Å². The summed E-state index contributed by atoms with van der Waals surface area (Å²) in [6.45, 7) is 0. The van der Waals surface area contributed by atoms with Gasteiger partial charge in [-0.2, -0.15) is 0 Å². The lowest BCUT2D eigenvalue weighted by Crippen LogP contribution is -2.18. The van der Waals surface area contributed by atoms with Crippen molar-refractivity contribution in [3.05, 3.63) is 47.7 Å². The van der Waals surface area contributed by atoms with E-state index in [1.165, 1.54) is 11.8 Å². The van der Waals surface area contributed by atoms with Crippen LogP contribution in [0.2, 0.25) is 0 Å². The van der Waals surface area contributed by atoms with E-state index in [1.807, 2.05) is 6.07 Å². The van der Waals surface area contributed by atoms with E-state index in [2.05, 4.69) is 4.98 Å². The summed E-state index contributed by atoms with van der Waals surface area (Å²) in [7, 11) is 1.55. The van der Waals surface area contributed by atoms with E-state index in [9.17, 15) is 10.0 Å². The van der Waals surface area contributed by atoms with E-state index in [1.54, 1.807) is 37.6 Å². The number of primary amides is 1. The molecule has 0 bridgehead atoms. The summed E-state index contributed by atoms with van der Waals surface area (Å²) in [4.78, 5) is 16.2. The largest absolute Gasteiger partial charge is 0.481 e. The molecule has 0 spiro atoms. The number of carbonyl (C=O) groups is 1. The maximum Gasteiger partial charge on any atom is 0.248 e. The smallest absolute Gasteiger partial charge is 0.248 e. The highest BCUT2D eigenvalue weighted by atomic mass is 32.2. The molecule has 1 amide bonds. The number of hydrogen-bond acceptors (Lipinski definition) is 6. The number of nitrogens with two attached hydrogens (primary N) is 1. The molecule has 108 valence electrons. The van der Waals surface area contributed by atoms with Crippen molar-refractivity contribution in [3.63, 3.8) is 0 Å². The summed E-state index contributed by atoms with van der Waals surface area (Å²) in [5, 5.41) is 11.1. The lowest BCUT2D eigenvalue weighted by Gasteiger charge is -2.19. The molecule has 7 heteroatoms. The molecule has 2 aromatic rings. The third-order valence-electron chi connectivity index (χ3n) is 3.21. The summed E-state index contributed by atoms with van der Waals surface area (Å²) in [5.74, 6) is 0.0252. The Kier molecular flexibility index (Phi) is 3.44. The van der Waals surface area contributed by atoms with Crippen LogP contribution < -0.4 is 15.5 Å². The van der Waals surface area contributed by atoms with E-state index in [-0.39, 0.29) is 5.37 Å². The zero-order chi connectivity index (χ0) is 15.0. The van der Waals surface area contributed by atoms with Gasteiger partial charge in [-0.15, -0.1) is 0 Å². The Labute approximate surface area is 125 Å². The Morgan fingerprint density at radius 2 is 2.24 bits per heavy atom. The summed E-state index contributed by atoms with van der Waals surface area (Å²) >= 11 is 1.43. The third-order valence-corrected chi connectivity index (χ3v) is 4.48. The monoisotopic (exact) mass is 303 g/mol. The number of hydroxylamine groups is 1. The van der Waals surface area contributed by atoms with Crippen LogP contribution in [0.25, 0.3) is 0 Å². The SMILES string of the molecule is COc1ccc(C2Sc3cc(C(N)=O)ccc3N2O)cn1. The van der Waals surface area contributed by atoms with Gasteiger partial charge in [-0.1, -0.05) is 11.8 Å². The molecule has 1 atom stereocenters. The first-order chi connectivity index (χ1) is 10.1. The number of methoxy groups -OCH3 is 1. The van der Waals surface area contributed by atoms with Gasteiger partial charge in [-0.25, -0.2) is 10.0 Å². The third kappa shape index (κ3) is 2.41. The van der Waals surface area contributed by atoms with Crippen LogP contribution in [0.5, 0.6) is 5.88 Å². The maximum absolute atomic E-state index is 11.2. The highest BCUT2D eigenvalue weighted by Crippen LogP contribution is 2.50. The molecular weight excluding hydrogens is 290 g/mol. The van der Waals surface area contributed by atoms with Gasteiger partial charge >= 0.3 is 0 Å². The molecule has 2 heterocycles. The quantitative estimate of drug-likeness (QED) is 0.903. The molecule has 0 fully saturated rings. The molecule has 1 aromatic heterocycles. The minimum absolute atomic E-state index is 0.318. The number of ether oxygens (including phenoxy) is 1. The number of fused-ring (bicyclic) bond motifs is 1. The van der Waals surface area contributed by atoms with Crippen LogP contribution in [-0.2, 0) is 0 Å². The first-order valence-corrected chi connectivity index (χ1v) is 7.06. The number of benzene rings is 1. The molecule has 0 saturated carbocycles. The predicted octanol–water partition coefficient (Wildman–Crippen LogP) is 2.19. The zero-order valence-corrected chi connectivity index (χ0v) is 12.0. The topological polar surface area (TPSA) is 88.7 Å². The molecule has 3 rings (SSSR count). The minimum Gasteiger partial charge on any atom is -0.481 e. The van der Waals surface area contributed by atoms with Crippen LogP contribution in [0.3, 0.4) is 0 Å². The Morgan fingerprint density at radius 3 is 2.86 bits per heavy atom. The Bertz CT molecular complexity index is 690. The average Bonchev–Trinajstić information content (AvgIpc) is 2.84. The lowest BCUT2D eigenvalue weighted by molar-refractivity contribution is 0.1000. The Morgan fingerprint density at radius 1 is 1.43 bits per heavy atom. The van der Waals surface area contributed by atoms with Crippen LogP contribution in [0.1, 0.15) is 21.3 Å². The van der Waals surface area contributed by atoms with E-state index < -0.39 is 5.91 Å². The molecule has 21 heavy (non-hydrogen) atoms. The molecule has 1 unspecified atom stereocenters. The van der Waals surface area contributed by atoms with Crippen molar-refractivity contribution in [3.8, 4) is 5.88 Å². The number of amides is 1. The number of thioether (sulfide) groups is 1. The first-order valence-electron chi connectivity index (χ1n) is 6.18. The van der Waals surface area contributed by atoms with Gasteiger partial charge in [0.05, 0.1) is 12.8 Å². The summed E-state index contributed by atoms with van der Waals surface area (Å²) < 4.78 is 5.02.